The minimum absolute atomic E-state index is 0.154. The van der Waals surface area contributed by atoms with Crippen molar-refractivity contribution in [3.05, 3.63) is 24.3 Å². The maximum absolute atomic E-state index is 12.8. The highest BCUT2D eigenvalue weighted by molar-refractivity contribution is 9.09. The van der Waals surface area contributed by atoms with Crippen molar-refractivity contribution in [1.29, 1.82) is 0 Å². The number of aliphatic hydroxyl groups excluding tert-OH is 1. The molecule has 3 atom stereocenters. The van der Waals surface area contributed by atoms with Gasteiger partial charge in [-0.25, -0.2) is 0 Å². The SMILES string of the molecule is CCCCCCCC/C=C\CCCCCCCC(=O)OC(C(C)Br)C(C)(CCO)OC(=O)CCCCCCC/C=C\CCCCCCCC. The molecule has 0 fully saturated rings. The lowest BCUT2D eigenvalue weighted by atomic mass is 9.92. The van der Waals surface area contributed by atoms with E-state index in [9.17, 15) is 14.7 Å². The van der Waals surface area contributed by atoms with E-state index < -0.39 is 11.7 Å². The van der Waals surface area contributed by atoms with Gasteiger partial charge in [-0.1, -0.05) is 157 Å². The zero-order chi connectivity index (χ0) is 36.3. The van der Waals surface area contributed by atoms with Gasteiger partial charge < -0.3 is 14.6 Å². The summed E-state index contributed by atoms with van der Waals surface area (Å²) in [6.45, 7) is 8.04. The maximum Gasteiger partial charge on any atom is 0.306 e. The standard InChI is InChI=1S/C43H79BrO5/c1-5-7-9-11-13-15-17-19-21-23-25-27-29-31-33-35-40(46)48-42(39(3)44)43(4,37-38-45)49-41(47)36-34-32-30-28-26-24-22-20-18-16-14-12-10-8-6-2/h19-22,39,42,45H,5-18,23-38H2,1-4H3/b21-19-,22-20-. The van der Waals surface area contributed by atoms with Crippen LogP contribution >= 0.6 is 15.9 Å². The van der Waals surface area contributed by atoms with E-state index in [2.05, 4.69) is 54.1 Å². The van der Waals surface area contributed by atoms with Gasteiger partial charge in [0.1, 0.15) is 5.60 Å². The van der Waals surface area contributed by atoms with Crippen LogP contribution in [0.15, 0.2) is 24.3 Å². The van der Waals surface area contributed by atoms with Crippen LogP contribution in [0.3, 0.4) is 0 Å². The first-order valence-electron chi connectivity index (χ1n) is 20.8. The van der Waals surface area contributed by atoms with E-state index in [1.807, 2.05) is 6.92 Å². The van der Waals surface area contributed by atoms with Gasteiger partial charge in [0, 0.05) is 25.9 Å². The fourth-order valence-electron chi connectivity index (χ4n) is 6.37. The summed E-state index contributed by atoms with van der Waals surface area (Å²) in [4.78, 5) is 25.4. The Balaban J connectivity index is 4.20. The van der Waals surface area contributed by atoms with E-state index in [0.717, 1.165) is 51.4 Å². The normalized spacial score (nSPS) is 14.3. The Bertz CT molecular complexity index is 810. The van der Waals surface area contributed by atoms with Crippen LogP contribution in [0.25, 0.3) is 0 Å². The van der Waals surface area contributed by atoms with Crippen molar-refractivity contribution in [1.82, 2.24) is 0 Å². The average Bonchev–Trinajstić information content (AvgIpc) is 3.07. The molecule has 0 aliphatic carbocycles. The summed E-state index contributed by atoms with van der Waals surface area (Å²) in [7, 11) is 0. The molecule has 3 unspecified atom stereocenters. The molecule has 1 N–H and O–H groups in total. The van der Waals surface area contributed by atoms with Gasteiger partial charge in [-0.05, 0) is 78.1 Å². The molecule has 0 saturated heterocycles. The van der Waals surface area contributed by atoms with Crippen LogP contribution in [0.2, 0.25) is 0 Å². The number of hydrogen-bond acceptors (Lipinski definition) is 5. The average molecular weight is 756 g/mol. The highest BCUT2D eigenvalue weighted by atomic mass is 79.9. The second-order valence-electron chi connectivity index (χ2n) is 14.5. The van der Waals surface area contributed by atoms with Crippen LogP contribution < -0.4 is 0 Å². The fraction of sp³-hybridized carbons (Fsp3) is 0.860. The third-order valence-electron chi connectivity index (χ3n) is 9.52. The number of halogens is 1. The number of carbonyl (C=O) groups excluding carboxylic acids is 2. The lowest BCUT2D eigenvalue weighted by Gasteiger charge is -2.38. The third-order valence-corrected chi connectivity index (χ3v) is 10.00. The molecule has 0 radical (unpaired) electrons. The second-order valence-corrected chi connectivity index (χ2v) is 16.0. The Kier molecular flexibility index (Phi) is 34.5. The number of esters is 2. The van der Waals surface area contributed by atoms with E-state index >= 15 is 0 Å². The molecule has 5 nitrogen and oxygen atoms in total. The van der Waals surface area contributed by atoms with Crippen LogP contribution in [0, 0.1) is 0 Å². The Labute approximate surface area is 312 Å². The topological polar surface area (TPSA) is 72.8 Å². The minimum atomic E-state index is -1.09. The van der Waals surface area contributed by atoms with Gasteiger partial charge >= 0.3 is 11.9 Å². The highest BCUT2D eigenvalue weighted by Crippen LogP contribution is 2.30. The zero-order valence-electron chi connectivity index (χ0n) is 32.6. The summed E-state index contributed by atoms with van der Waals surface area (Å²) in [6.07, 6.45) is 41.0. The molecule has 0 rings (SSSR count). The maximum atomic E-state index is 12.8. The van der Waals surface area contributed by atoms with E-state index in [1.165, 1.54) is 116 Å². The molecule has 0 amide bonds. The first-order chi connectivity index (χ1) is 23.8. The molecule has 288 valence electrons. The highest BCUT2D eigenvalue weighted by Gasteiger charge is 2.43. The van der Waals surface area contributed by atoms with Crippen LogP contribution in [-0.2, 0) is 19.1 Å². The fourth-order valence-corrected chi connectivity index (χ4v) is 7.04. The summed E-state index contributed by atoms with van der Waals surface area (Å²) in [5.41, 5.74) is -1.09. The van der Waals surface area contributed by atoms with E-state index in [1.54, 1.807) is 6.92 Å². The molecule has 0 aliphatic rings. The van der Waals surface area contributed by atoms with Gasteiger partial charge in [0.25, 0.3) is 0 Å². The van der Waals surface area contributed by atoms with Crippen LogP contribution in [-0.4, -0.2) is 40.2 Å². The van der Waals surface area contributed by atoms with Gasteiger partial charge in [-0.3, -0.25) is 9.59 Å². The first kappa shape index (κ1) is 47.9. The molecule has 0 spiro atoms. The predicted octanol–water partition coefficient (Wildman–Crippen LogP) is 13.4. The van der Waals surface area contributed by atoms with Crippen LogP contribution in [0.4, 0.5) is 0 Å². The summed E-state index contributed by atoms with van der Waals surface area (Å²) >= 11 is 3.58. The lowest BCUT2D eigenvalue weighted by Crippen LogP contribution is -2.50. The second kappa shape index (κ2) is 35.3. The summed E-state index contributed by atoms with van der Waals surface area (Å²) < 4.78 is 11.8. The largest absolute Gasteiger partial charge is 0.457 e. The van der Waals surface area contributed by atoms with Gasteiger partial charge in [-0.15, -0.1) is 0 Å². The predicted molar refractivity (Wildman–Crippen MR) is 213 cm³/mol. The Morgan fingerprint density at radius 3 is 1.31 bits per heavy atom. The van der Waals surface area contributed by atoms with Crippen molar-refractivity contribution in [2.45, 2.75) is 230 Å². The van der Waals surface area contributed by atoms with Gasteiger partial charge in [0.05, 0.1) is 4.83 Å². The molecule has 0 aromatic heterocycles. The summed E-state index contributed by atoms with van der Waals surface area (Å²) in [5.74, 6) is -0.563. The zero-order valence-corrected chi connectivity index (χ0v) is 34.2. The number of ether oxygens (including phenoxy) is 2. The van der Waals surface area contributed by atoms with Gasteiger partial charge in [0.2, 0.25) is 0 Å². The molecular formula is C43H79BrO5. The quantitative estimate of drug-likeness (QED) is 0.0298. The molecule has 0 saturated carbocycles. The summed E-state index contributed by atoms with van der Waals surface area (Å²) in [6, 6.07) is 0. The lowest BCUT2D eigenvalue weighted by molar-refractivity contribution is -0.186. The van der Waals surface area contributed by atoms with Crippen molar-refractivity contribution in [3.8, 4) is 0 Å². The molecule has 0 heterocycles. The van der Waals surface area contributed by atoms with Crippen molar-refractivity contribution >= 4 is 27.9 Å². The number of alkyl halides is 1. The molecule has 49 heavy (non-hydrogen) atoms. The monoisotopic (exact) mass is 755 g/mol. The number of aliphatic hydroxyl groups is 1. The molecule has 0 aliphatic heterocycles. The summed E-state index contributed by atoms with van der Waals surface area (Å²) in [5, 5.41) is 9.79. The molecule has 0 aromatic rings. The van der Waals surface area contributed by atoms with Gasteiger partial charge in [0.15, 0.2) is 6.10 Å². The number of hydrogen-bond donors (Lipinski definition) is 1. The number of unbranched alkanes of at least 4 members (excludes halogenated alkanes) is 22. The van der Waals surface area contributed by atoms with Crippen molar-refractivity contribution < 1.29 is 24.2 Å². The van der Waals surface area contributed by atoms with E-state index in [-0.39, 0.29) is 29.8 Å². The number of allylic oxidation sites excluding steroid dienone is 4. The molecule has 0 bridgehead atoms. The molecule has 6 heteroatoms. The Morgan fingerprint density at radius 1 is 0.592 bits per heavy atom. The van der Waals surface area contributed by atoms with Crippen molar-refractivity contribution in [2.24, 2.45) is 0 Å². The van der Waals surface area contributed by atoms with Crippen LogP contribution in [0.5, 0.6) is 0 Å². The van der Waals surface area contributed by atoms with E-state index in [0.29, 0.717) is 12.8 Å². The minimum Gasteiger partial charge on any atom is -0.457 e. The Morgan fingerprint density at radius 2 is 0.939 bits per heavy atom. The Hall–Kier alpha value is -1.14. The third kappa shape index (κ3) is 30.2. The number of carbonyl (C=O) groups is 2. The number of rotatable bonds is 36. The van der Waals surface area contributed by atoms with Crippen LogP contribution in [0.1, 0.15) is 214 Å². The van der Waals surface area contributed by atoms with Crippen molar-refractivity contribution in [2.75, 3.05) is 6.61 Å². The molecule has 0 aromatic carbocycles. The van der Waals surface area contributed by atoms with Gasteiger partial charge in [-0.2, -0.15) is 0 Å². The van der Waals surface area contributed by atoms with E-state index in [4.69, 9.17) is 9.47 Å². The van der Waals surface area contributed by atoms with Crippen molar-refractivity contribution in [3.63, 3.8) is 0 Å². The smallest absolute Gasteiger partial charge is 0.306 e. The molecular weight excluding hydrogens is 676 g/mol. The first-order valence-corrected chi connectivity index (χ1v) is 21.7.